The first kappa shape index (κ1) is 20.8. The number of hydrogen-bond acceptors (Lipinski definition) is 4. The van der Waals surface area contributed by atoms with E-state index in [0.29, 0.717) is 29.5 Å². The molecule has 174 valence electrons. The van der Waals surface area contributed by atoms with Crippen LogP contribution in [0.1, 0.15) is 53.7 Å². The standard InChI is InChI=1S/C26H33N5O2/c1-30(20-9-16-5-3-4-6-17(16)10-20)22-11-21(29-31(22)2)24(32)28-23-18-7-15-8-19(23)14-26(12-15,13-18)25(27)33/h3-6,11,15,18-20,23H,7-10,12-14H2,1-2H3,(H2,27,33)(H,28,32). The summed E-state index contributed by atoms with van der Waals surface area (Å²) in [5.74, 6) is 1.97. The monoisotopic (exact) mass is 447 g/mol. The number of likely N-dealkylation sites (N-methyl/N-ethyl adjacent to an activating group) is 1. The van der Waals surface area contributed by atoms with Gasteiger partial charge in [-0.3, -0.25) is 14.3 Å². The molecule has 2 unspecified atom stereocenters. The third-order valence-electron chi connectivity index (χ3n) is 9.12. The molecular weight excluding hydrogens is 414 g/mol. The Kier molecular flexibility index (Phi) is 4.61. The van der Waals surface area contributed by atoms with Crippen molar-refractivity contribution < 1.29 is 9.59 Å². The number of nitrogens with zero attached hydrogens (tertiary/aromatic N) is 3. The average molecular weight is 448 g/mol. The SMILES string of the molecule is CN(c1cc(C(=O)NC2C3CC4CC2CC(C(N)=O)(C4)C3)nn1C)C1Cc2ccccc2C1. The molecule has 1 heterocycles. The lowest BCUT2D eigenvalue weighted by Crippen LogP contribution is -2.62. The third-order valence-corrected chi connectivity index (χ3v) is 9.12. The first-order valence-corrected chi connectivity index (χ1v) is 12.3. The Morgan fingerprint density at radius 2 is 1.76 bits per heavy atom. The number of nitrogens with one attached hydrogen (secondary N) is 1. The van der Waals surface area contributed by atoms with Crippen LogP contribution in [0.3, 0.4) is 0 Å². The maximum Gasteiger partial charge on any atom is 0.272 e. The highest BCUT2D eigenvalue weighted by Crippen LogP contribution is 2.59. The molecular formula is C26H33N5O2. The summed E-state index contributed by atoms with van der Waals surface area (Å²) in [7, 11) is 4.00. The van der Waals surface area contributed by atoms with Gasteiger partial charge in [-0.1, -0.05) is 24.3 Å². The first-order valence-electron chi connectivity index (χ1n) is 12.3. The summed E-state index contributed by atoms with van der Waals surface area (Å²) in [4.78, 5) is 27.7. The lowest BCUT2D eigenvalue weighted by Gasteiger charge is -2.58. The fourth-order valence-electron chi connectivity index (χ4n) is 7.68. The van der Waals surface area contributed by atoms with Crippen molar-refractivity contribution in [2.45, 2.75) is 57.0 Å². The molecule has 5 aliphatic carbocycles. The number of amides is 2. The molecule has 3 N–H and O–H groups in total. The third kappa shape index (κ3) is 3.27. The van der Waals surface area contributed by atoms with Gasteiger partial charge in [0.2, 0.25) is 5.91 Å². The number of aryl methyl sites for hydroxylation is 1. The van der Waals surface area contributed by atoms with Crippen molar-refractivity contribution in [1.29, 1.82) is 0 Å². The molecule has 2 atom stereocenters. The van der Waals surface area contributed by atoms with Gasteiger partial charge < -0.3 is 16.0 Å². The lowest BCUT2D eigenvalue weighted by molar-refractivity contribution is -0.145. The zero-order valence-corrected chi connectivity index (χ0v) is 19.5. The number of hydrogen-bond donors (Lipinski definition) is 2. The number of aromatic nitrogens is 2. The molecule has 0 radical (unpaired) electrons. The van der Waals surface area contributed by atoms with Crippen LogP contribution in [0.4, 0.5) is 5.82 Å². The van der Waals surface area contributed by atoms with E-state index < -0.39 is 0 Å². The summed E-state index contributed by atoms with van der Waals surface area (Å²) in [6.45, 7) is 0. The molecule has 5 aliphatic rings. The molecule has 7 nitrogen and oxygen atoms in total. The van der Waals surface area contributed by atoms with Crippen LogP contribution in [-0.2, 0) is 24.7 Å². The molecule has 2 amide bonds. The smallest absolute Gasteiger partial charge is 0.272 e. The normalized spacial score (nSPS) is 32.1. The number of benzene rings is 1. The van der Waals surface area contributed by atoms with Crippen LogP contribution >= 0.6 is 0 Å². The van der Waals surface area contributed by atoms with Crippen LogP contribution in [0.5, 0.6) is 0 Å². The van der Waals surface area contributed by atoms with Crippen LogP contribution < -0.4 is 16.0 Å². The van der Waals surface area contributed by atoms with Crippen molar-refractivity contribution >= 4 is 17.6 Å². The number of carbonyl (C=O) groups excluding carboxylic acids is 2. The Bertz CT molecular complexity index is 1080. The molecule has 4 saturated carbocycles. The average Bonchev–Trinajstić information content (AvgIpc) is 3.39. The molecule has 0 saturated heterocycles. The molecule has 1 aromatic carbocycles. The Hall–Kier alpha value is -2.83. The van der Waals surface area contributed by atoms with Crippen molar-refractivity contribution in [3.8, 4) is 0 Å². The van der Waals surface area contributed by atoms with E-state index in [0.717, 1.165) is 50.8 Å². The van der Waals surface area contributed by atoms with E-state index in [-0.39, 0.29) is 23.3 Å². The van der Waals surface area contributed by atoms with E-state index in [1.54, 1.807) is 0 Å². The van der Waals surface area contributed by atoms with Crippen molar-refractivity contribution in [3.05, 3.63) is 47.2 Å². The van der Waals surface area contributed by atoms with Gasteiger partial charge in [0, 0.05) is 37.7 Å². The lowest BCUT2D eigenvalue weighted by atomic mass is 9.47. The van der Waals surface area contributed by atoms with Gasteiger partial charge in [-0.05, 0) is 73.8 Å². The number of rotatable bonds is 5. The highest BCUT2D eigenvalue weighted by molar-refractivity contribution is 5.93. The molecule has 0 aliphatic heterocycles. The van der Waals surface area contributed by atoms with Gasteiger partial charge in [0.1, 0.15) is 5.82 Å². The molecule has 4 fully saturated rings. The fraction of sp³-hybridized carbons (Fsp3) is 0.577. The van der Waals surface area contributed by atoms with Gasteiger partial charge in [0.15, 0.2) is 5.69 Å². The first-order chi connectivity index (χ1) is 15.8. The van der Waals surface area contributed by atoms with E-state index in [9.17, 15) is 9.59 Å². The van der Waals surface area contributed by atoms with Gasteiger partial charge in [0.25, 0.3) is 5.91 Å². The Labute approximate surface area is 194 Å². The van der Waals surface area contributed by atoms with E-state index in [2.05, 4.69) is 46.6 Å². The quantitative estimate of drug-likeness (QED) is 0.736. The topological polar surface area (TPSA) is 93.2 Å². The second kappa shape index (κ2) is 7.34. The van der Waals surface area contributed by atoms with Gasteiger partial charge in [-0.15, -0.1) is 0 Å². The minimum Gasteiger partial charge on any atom is -0.369 e. The van der Waals surface area contributed by atoms with Crippen LogP contribution in [0.2, 0.25) is 0 Å². The highest BCUT2D eigenvalue weighted by atomic mass is 16.2. The van der Waals surface area contributed by atoms with E-state index in [1.807, 2.05) is 17.8 Å². The molecule has 7 heteroatoms. The maximum absolute atomic E-state index is 13.2. The van der Waals surface area contributed by atoms with E-state index in [1.165, 1.54) is 11.1 Å². The summed E-state index contributed by atoms with van der Waals surface area (Å²) in [6, 6.07) is 11.0. The summed E-state index contributed by atoms with van der Waals surface area (Å²) >= 11 is 0. The second-order valence-corrected chi connectivity index (χ2v) is 11.1. The number of fused-ring (bicyclic) bond motifs is 1. The second-order valence-electron chi connectivity index (χ2n) is 11.1. The van der Waals surface area contributed by atoms with Crippen molar-refractivity contribution in [3.63, 3.8) is 0 Å². The van der Waals surface area contributed by atoms with Crippen LogP contribution in [0, 0.1) is 23.2 Å². The van der Waals surface area contributed by atoms with Gasteiger partial charge in [-0.25, -0.2) is 0 Å². The van der Waals surface area contributed by atoms with Crippen LogP contribution in [-0.4, -0.2) is 40.7 Å². The molecule has 7 rings (SSSR count). The molecule has 2 aromatic rings. The summed E-state index contributed by atoms with van der Waals surface area (Å²) < 4.78 is 1.82. The number of anilines is 1. The number of carbonyl (C=O) groups is 2. The van der Waals surface area contributed by atoms with E-state index >= 15 is 0 Å². The maximum atomic E-state index is 13.2. The number of primary amides is 1. The molecule has 1 aromatic heterocycles. The molecule has 33 heavy (non-hydrogen) atoms. The van der Waals surface area contributed by atoms with Crippen molar-refractivity contribution in [2.75, 3.05) is 11.9 Å². The largest absolute Gasteiger partial charge is 0.369 e. The van der Waals surface area contributed by atoms with Gasteiger partial charge >= 0.3 is 0 Å². The Morgan fingerprint density at radius 3 is 2.36 bits per heavy atom. The predicted octanol–water partition coefficient (Wildman–Crippen LogP) is 2.43. The molecule has 0 spiro atoms. The van der Waals surface area contributed by atoms with Crippen LogP contribution in [0.25, 0.3) is 0 Å². The summed E-state index contributed by atoms with van der Waals surface area (Å²) in [5.41, 5.74) is 8.76. The predicted molar refractivity (Wildman–Crippen MR) is 126 cm³/mol. The van der Waals surface area contributed by atoms with Gasteiger partial charge in [0.05, 0.1) is 0 Å². The highest BCUT2D eigenvalue weighted by Gasteiger charge is 2.58. The fourth-order valence-corrected chi connectivity index (χ4v) is 7.68. The van der Waals surface area contributed by atoms with E-state index in [4.69, 9.17) is 5.73 Å². The van der Waals surface area contributed by atoms with Crippen LogP contribution in [0.15, 0.2) is 30.3 Å². The number of nitrogens with two attached hydrogens (primary N) is 1. The molecule has 4 bridgehead atoms. The minimum atomic E-state index is -0.336. The minimum absolute atomic E-state index is 0.106. The van der Waals surface area contributed by atoms with Crippen molar-refractivity contribution in [2.24, 2.45) is 36.0 Å². The summed E-state index contributed by atoms with van der Waals surface area (Å²) in [5, 5.41) is 7.88. The summed E-state index contributed by atoms with van der Waals surface area (Å²) in [6.07, 6.45) is 6.78. The Morgan fingerprint density at radius 1 is 1.12 bits per heavy atom. The zero-order valence-electron chi connectivity index (χ0n) is 19.5. The van der Waals surface area contributed by atoms with Crippen molar-refractivity contribution in [1.82, 2.24) is 15.1 Å². The Balaban J connectivity index is 1.16. The zero-order chi connectivity index (χ0) is 22.9. The van der Waals surface area contributed by atoms with Gasteiger partial charge in [-0.2, -0.15) is 5.10 Å².